The Balaban J connectivity index is 3.03. The van der Waals surface area contributed by atoms with Crippen LogP contribution in [0, 0.1) is 0 Å². The molecular formula is C17H24F3N2O5+. The number of carbonyl (C=O) groups is 2. The molecule has 0 heterocycles. The van der Waals surface area contributed by atoms with Crippen LogP contribution in [0.4, 0.5) is 13.2 Å². The highest BCUT2D eigenvalue weighted by Crippen LogP contribution is 2.28. The van der Waals surface area contributed by atoms with Crippen molar-refractivity contribution in [2.75, 3.05) is 27.4 Å². The monoisotopic (exact) mass is 393 g/mol. The van der Waals surface area contributed by atoms with E-state index in [2.05, 4.69) is 4.74 Å². The molecule has 0 saturated carbocycles. The largest absolute Gasteiger partial charge is 0.493 e. The second kappa shape index (κ2) is 9.45. The van der Waals surface area contributed by atoms with Gasteiger partial charge in [0.15, 0.2) is 11.5 Å². The lowest BCUT2D eigenvalue weighted by atomic mass is 10.1. The van der Waals surface area contributed by atoms with E-state index >= 15 is 0 Å². The molecule has 1 rings (SSSR count). The van der Waals surface area contributed by atoms with E-state index in [1.807, 2.05) is 0 Å². The van der Waals surface area contributed by atoms with Gasteiger partial charge in [-0.1, -0.05) is 6.07 Å². The Morgan fingerprint density at radius 1 is 1.15 bits per heavy atom. The van der Waals surface area contributed by atoms with Crippen LogP contribution in [0.1, 0.15) is 19.4 Å². The first-order chi connectivity index (χ1) is 12.6. The predicted molar refractivity (Wildman–Crippen MR) is 89.3 cm³/mol. The molecule has 0 bridgehead atoms. The molecule has 0 spiro atoms. The maximum atomic E-state index is 13.7. The van der Waals surface area contributed by atoms with Crippen LogP contribution in [0.25, 0.3) is 0 Å². The summed E-state index contributed by atoms with van der Waals surface area (Å²) in [6, 6.07) is 4.93. The van der Waals surface area contributed by atoms with E-state index in [-0.39, 0.29) is 19.6 Å². The van der Waals surface area contributed by atoms with Gasteiger partial charge in [-0.3, -0.25) is 10.1 Å². The third-order valence-electron chi connectivity index (χ3n) is 3.75. The van der Waals surface area contributed by atoms with Gasteiger partial charge in [-0.2, -0.15) is 13.2 Å². The fourth-order valence-corrected chi connectivity index (χ4v) is 2.50. The van der Waals surface area contributed by atoms with E-state index in [0.717, 1.165) is 12.2 Å². The molecule has 7 nitrogen and oxygen atoms in total. The van der Waals surface area contributed by atoms with Gasteiger partial charge in [0.25, 0.3) is 0 Å². The molecule has 0 aliphatic carbocycles. The molecule has 10 heteroatoms. The van der Waals surface area contributed by atoms with Gasteiger partial charge in [-0.05, 0) is 24.6 Å². The van der Waals surface area contributed by atoms with E-state index in [9.17, 15) is 22.8 Å². The number of halogens is 3. The molecule has 0 aliphatic heterocycles. The fraction of sp³-hybridized carbons (Fsp3) is 0.529. The second-order valence-corrected chi connectivity index (χ2v) is 5.64. The molecule has 1 aromatic rings. The summed E-state index contributed by atoms with van der Waals surface area (Å²) in [4.78, 5) is 23.4. The Labute approximate surface area is 155 Å². The number of nitrogens with two attached hydrogens (primary N) is 1. The number of alkyl halides is 3. The van der Waals surface area contributed by atoms with E-state index in [1.54, 1.807) is 23.5 Å². The molecule has 27 heavy (non-hydrogen) atoms. The summed E-state index contributed by atoms with van der Waals surface area (Å²) >= 11 is 0. The third-order valence-corrected chi connectivity index (χ3v) is 3.75. The number of rotatable bonds is 9. The first-order valence-electron chi connectivity index (χ1n) is 8.19. The van der Waals surface area contributed by atoms with Gasteiger partial charge < -0.3 is 19.5 Å². The highest BCUT2D eigenvalue weighted by molar-refractivity contribution is 5.86. The smallest absolute Gasteiger partial charge is 0.478 e. The minimum absolute atomic E-state index is 0.145. The quantitative estimate of drug-likeness (QED) is 0.478. The number of ether oxygens (including phenoxy) is 3. The number of quaternary nitrogens is 1. The number of hydrogen-bond acceptors (Lipinski definition) is 5. The number of nitrogens with one attached hydrogen (secondary N) is 1. The lowest BCUT2D eigenvalue weighted by Gasteiger charge is -2.31. The normalized spacial score (nSPS) is 13.4. The molecule has 0 radical (unpaired) electrons. The summed E-state index contributed by atoms with van der Waals surface area (Å²) < 4.78 is 55.8. The SMILES string of the molecule is CCOC(=O)[C@](NC(C)=O)([NH2+]CCc1ccc(OC)c(OC)c1)C(F)(F)F. The van der Waals surface area contributed by atoms with Crippen molar-refractivity contribution in [1.82, 2.24) is 5.32 Å². The summed E-state index contributed by atoms with van der Waals surface area (Å²) in [7, 11) is 2.91. The van der Waals surface area contributed by atoms with Crippen molar-refractivity contribution in [3.8, 4) is 11.5 Å². The maximum absolute atomic E-state index is 13.7. The number of amides is 1. The summed E-state index contributed by atoms with van der Waals surface area (Å²) in [5.41, 5.74) is -2.53. The highest BCUT2D eigenvalue weighted by Gasteiger charge is 2.67. The Kier molecular flexibility index (Phi) is 7.89. The van der Waals surface area contributed by atoms with E-state index < -0.39 is 23.7 Å². The molecular weight excluding hydrogens is 369 g/mol. The van der Waals surface area contributed by atoms with Crippen LogP contribution in [-0.4, -0.2) is 51.1 Å². The van der Waals surface area contributed by atoms with Crippen molar-refractivity contribution in [3.05, 3.63) is 23.8 Å². The van der Waals surface area contributed by atoms with Crippen LogP contribution in [0.2, 0.25) is 0 Å². The fourth-order valence-electron chi connectivity index (χ4n) is 2.50. The van der Waals surface area contributed by atoms with Crippen molar-refractivity contribution in [2.24, 2.45) is 0 Å². The van der Waals surface area contributed by atoms with Crippen molar-refractivity contribution in [1.29, 1.82) is 0 Å². The summed E-state index contributed by atoms with van der Waals surface area (Å²) in [5.74, 6) is -1.65. The molecule has 0 fully saturated rings. The molecule has 1 aromatic carbocycles. The van der Waals surface area contributed by atoms with Crippen LogP contribution < -0.4 is 20.1 Å². The number of hydrogen-bond donors (Lipinski definition) is 2. The van der Waals surface area contributed by atoms with E-state index in [0.29, 0.717) is 17.1 Å². The topological polar surface area (TPSA) is 90.5 Å². The Morgan fingerprint density at radius 2 is 1.78 bits per heavy atom. The Bertz CT molecular complexity index is 666. The first kappa shape index (κ1) is 22.6. The second-order valence-electron chi connectivity index (χ2n) is 5.64. The van der Waals surface area contributed by atoms with Crippen LogP contribution >= 0.6 is 0 Å². The molecule has 0 saturated heterocycles. The molecule has 1 amide bonds. The standard InChI is InChI=1S/C17H23F3N2O5/c1-5-27-15(24)16(17(18,19)20,22-11(2)23)21-9-8-12-6-7-13(25-3)14(10-12)26-4/h6-7,10,21H,5,8-9H2,1-4H3,(H,22,23)/p+1/t16-/m1/s1. The zero-order chi connectivity index (χ0) is 20.7. The van der Waals surface area contributed by atoms with Gasteiger partial charge in [0, 0.05) is 13.3 Å². The molecule has 0 aliphatic rings. The third kappa shape index (κ3) is 5.49. The maximum Gasteiger partial charge on any atom is 0.478 e. The van der Waals surface area contributed by atoms with E-state index in [4.69, 9.17) is 9.47 Å². The molecule has 0 aromatic heterocycles. The Morgan fingerprint density at radius 3 is 2.26 bits per heavy atom. The van der Waals surface area contributed by atoms with Crippen LogP contribution in [0.3, 0.4) is 0 Å². The first-order valence-corrected chi connectivity index (χ1v) is 8.19. The van der Waals surface area contributed by atoms with Crippen LogP contribution in [-0.2, 0) is 20.7 Å². The number of methoxy groups -OCH3 is 2. The average molecular weight is 393 g/mol. The summed E-state index contributed by atoms with van der Waals surface area (Å²) in [6.07, 6.45) is -4.88. The highest BCUT2D eigenvalue weighted by atomic mass is 19.4. The lowest BCUT2D eigenvalue weighted by Crippen LogP contribution is -3.07. The lowest BCUT2D eigenvalue weighted by molar-refractivity contribution is -0.743. The average Bonchev–Trinajstić information content (AvgIpc) is 2.59. The molecule has 0 unspecified atom stereocenters. The summed E-state index contributed by atoms with van der Waals surface area (Å²) in [6.45, 7) is 1.90. The van der Waals surface area contributed by atoms with Gasteiger partial charge in [-0.25, -0.2) is 4.79 Å². The number of esters is 1. The van der Waals surface area contributed by atoms with Crippen molar-refractivity contribution < 1.29 is 42.3 Å². The molecule has 152 valence electrons. The minimum Gasteiger partial charge on any atom is -0.493 e. The van der Waals surface area contributed by atoms with Crippen LogP contribution in [0.15, 0.2) is 18.2 Å². The van der Waals surface area contributed by atoms with Crippen molar-refractivity contribution in [2.45, 2.75) is 32.1 Å². The van der Waals surface area contributed by atoms with E-state index in [1.165, 1.54) is 21.1 Å². The van der Waals surface area contributed by atoms with Gasteiger partial charge in [0.05, 0.1) is 27.4 Å². The number of benzene rings is 1. The van der Waals surface area contributed by atoms with Crippen molar-refractivity contribution >= 4 is 11.9 Å². The summed E-state index contributed by atoms with van der Waals surface area (Å²) in [5, 5.41) is 2.43. The zero-order valence-electron chi connectivity index (χ0n) is 15.6. The predicted octanol–water partition coefficient (Wildman–Crippen LogP) is 0.767. The van der Waals surface area contributed by atoms with Gasteiger partial charge in [0.1, 0.15) is 0 Å². The Hall–Kier alpha value is -2.49. The van der Waals surface area contributed by atoms with Crippen molar-refractivity contribution in [3.63, 3.8) is 0 Å². The molecule has 1 atom stereocenters. The van der Waals surface area contributed by atoms with Crippen LogP contribution in [0.5, 0.6) is 11.5 Å². The van der Waals surface area contributed by atoms with Gasteiger partial charge in [0.2, 0.25) is 5.91 Å². The number of carbonyl (C=O) groups excluding carboxylic acids is 2. The molecule has 3 N–H and O–H groups in total. The van der Waals surface area contributed by atoms with Gasteiger partial charge in [-0.15, -0.1) is 0 Å². The zero-order valence-corrected chi connectivity index (χ0v) is 15.6. The van der Waals surface area contributed by atoms with Gasteiger partial charge >= 0.3 is 17.8 Å². The minimum atomic E-state index is -5.05.